The summed E-state index contributed by atoms with van der Waals surface area (Å²) in [6, 6.07) is 7.60. The Labute approximate surface area is 146 Å². The number of guanidine groups is 1. The second kappa shape index (κ2) is 10.4. The number of likely N-dealkylation sites (N-methyl/N-ethyl adjacent to an activating group) is 1. The Balaban J connectivity index is 2.37. The van der Waals surface area contributed by atoms with Crippen molar-refractivity contribution in [2.45, 2.75) is 19.5 Å². The molecule has 136 valence electrons. The van der Waals surface area contributed by atoms with E-state index in [0.29, 0.717) is 30.6 Å². The van der Waals surface area contributed by atoms with E-state index in [-0.39, 0.29) is 6.54 Å². The first-order valence-corrected chi connectivity index (χ1v) is 8.20. The summed E-state index contributed by atoms with van der Waals surface area (Å²) >= 11 is 5.84. The molecule has 0 amide bonds. The monoisotopic (exact) mass is 364 g/mol. The van der Waals surface area contributed by atoms with Crippen LogP contribution in [-0.2, 0) is 6.42 Å². The molecule has 4 nitrogen and oxygen atoms in total. The summed E-state index contributed by atoms with van der Waals surface area (Å²) in [4.78, 5) is 5.50. The van der Waals surface area contributed by atoms with Crippen molar-refractivity contribution in [1.82, 2.24) is 15.5 Å². The lowest BCUT2D eigenvalue weighted by atomic mass is 10.1. The van der Waals surface area contributed by atoms with E-state index in [1.165, 1.54) is 11.9 Å². The van der Waals surface area contributed by atoms with Crippen LogP contribution in [0.3, 0.4) is 0 Å². The van der Waals surface area contributed by atoms with Crippen molar-refractivity contribution in [3.05, 3.63) is 34.9 Å². The average Bonchev–Trinajstić information content (AvgIpc) is 2.47. The summed E-state index contributed by atoms with van der Waals surface area (Å²) in [7, 11) is 1.43. The van der Waals surface area contributed by atoms with Gasteiger partial charge in [0.05, 0.1) is 13.1 Å². The fourth-order valence-electron chi connectivity index (χ4n) is 2.04. The van der Waals surface area contributed by atoms with Gasteiger partial charge in [0.25, 0.3) is 0 Å². The number of alkyl halides is 3. The average molecular weight is 365 g/mol. The normalized spacial score (nSPS) is 12.5. The third-order valence-corrected chi connectivity index (χ3v) is 3.42. The van der Waals surface area contributed by atoms with E-state index in [2.05, 4.69) is 15.6 Å². The molecule has 24 heavy (non-hydrogen) atoms. The Morgan fingerprint density at radius 3 is 2.46 bits per heavy atom. The molecule has 1 rings (SSSR count). The summed E-state index contributed by atoms with van der Waals surface area (Å²) in [6.07, 6.45) is -3.38. The van der Waals surface area contributed by atoms with E-state index in [9.17, 15) is 13.2 Å². The van der Waals surface area contributed by atoms with Crippen molar-refractivity contribution in [3.8, 4) is 0 Å². The number of hydrogen-bond acceptors (Lipinski definition) is 2. The third kappa shape index (κ3) is 9.62. The molecule has 0 aromatic heterocycles. The van der Waals surface area contributed by atoms with Crippen LogP contribution in [0, 0.1) is 0 Å². The molecule has 0 aliphatic heterocycles. The molecule has 0 atom stereocenters. The molecule has 0 unspecified atom stereocenters. The van der Waals surface area contributed by atoms with E-state index in [1.807, 2.05) is 31.2 Å². The Morgan fingerprint density at radius 1 is 1.21 bits per heavy atom. The van der Waals surface area contributed by atoms with Crippen molar-refractivity contribution >= 4 is 17.6 Å². The van der Waals surface area contributed by atoms with Crippen molar-refractivity contribution in [3.63, 3.8) is 0 Å². The van der Waals surface area contributed by atoms with Gasteiger partial charge >= 0.3 is 6.18 Å². The van der Waals surface area contributed by atoms with Gasteiger partial charge in [0.1, 0.15) is 0 Å². The smallest absolute Gasteiger partial charge is 0.357 e. The van der Waals surface area contributed by atoms with Crippen molar-refractivity contribution < 1.29 is 13.2 Å². The highest BCUT2D eigenvalue weighted by Gasteiger charge is 2.28. The fourth-order valence-corrected chi connectivity index (χ4v) is 2.16. The largest absolute Gasteiger partial charge is 0.401 e. The molecular weight excluding hydrogens is 341 g/mol. The maximum atomic E-state index is 12.3. The van der Waals surface area contributed by atoms with Crippen molar-refractivity contribution in [2.75, 3.05) is 39.8 Å². The Kier molecular flexibility index (Phi) is 8.92. The van der Waals surface area contributed by atoms with Crippen molar-refractivity contribution in [2.24, 2.45) is 4.99 Å². The molecule has 0 fully saturated rings. The fraction of sp³-hybridized carbons (Fsp3) is 0.562. The SMILES string of the molecule is CCNC(=NCCN(C)CC(F)(F)F)NCCc1ccc(Cl)cc1. The Bertz CT molecular complexity index is 503. The number of aliphatic imine (C=N–C) groups is 1. The van der Waals surface area contributed by atoms with Crippen LogP contribution in [-0.4, -0.2) is 56.8 Å². The summed E-state index contributed by atoms with van der Waals surface area (Å²) in [5.74, 6) is 0.604. The van der Waals surface area contributed by atoms with Gasteiger partial charge in [-0.3, -0.25) is 9.89 Å². The topological polar surface area (TPSA) is 39.7 Å². The molecular formula is C16H24ClF3N4. The zero-order valence-corrected chi connectivity index (χ0v) is 14.7. The molecule has 0 bridgehead atoms. The number of benzene rings is 1. The van der Waals surface area contributed by atoms with Crippen LogP contribution in [0.5, 0.6) is 0 Å². The van der Waals surface area contributed by atoms with Crippen molar-refractivity contribution in [1.29, 1.82) is 0 Å². The maximum absolute atomic E-state index is 12.3. The molecule has 0 saturated carbocycles. The number of nitrogens with zero attached hydrogens (tertiary/aromatic N) is 2. The first kappa shape index (κ1) is 20.6. The Hall–Kier alpha value is -1.47. The number of rotatable bonds is 8. The molecule has 1 aromatic carbocycles. The molecule has 0 aliphatic carbocycles. The van der Waals surface area contributed by atoms with Crippen LogP contribution in [0.25, 0.3) is 0 Å². The molecule has 0 aliphatic rings. The van der Waals surface area contributed by atoms with Gasteiger partial charge in [-0.2, -0.15) is 13.2 Å². The zero-order chi connectivity index (χ0) is 18.0. The highest BCUT2D eigenvalue weighted by atomic mass is 35.5. The summed E-state index contributed by atoms with van der Waals surface area (Å²) in [5, 5.41) is 6.95. The van der Waals surface area contributed by atoms with Crippen LogP contribution in [0.15, 0.2) is 29.3 Å². The van der Waals surface area contributed by atoms with E-state index in [1.54, 1.807) is 0 Å². The van der Waals surface area contributed by atoms with Gasteiger partial charge in [-0.05, 0) is 38.1 Å². The van der Waals surface area contributed by atoms with E-state index >= 15 is 0 Å². The Morgan fingerprint density at radius 2 is 1.88 bits per heavy atom. The van der Waals surface area contributed by atoms with Gasteiger partial charge in [-0.25, -0.2) is 0 Å². The maximum Gasteiger partial charge on any atom is 0.401 e. The molecule has 0 radical (unpaired) electrons. The predicted octanol–water partition coefficient (Wildman–Crippen LogP) is 2.93. The first-order chi connectivity index (χ1) is 11.3. The highest BCUT2D eigenvalue weighted by Crippen LogP contribution is 2.15. The molecule has 8 heteroatoms. The van der Waals surface area contributed by atoms with Gasteiger partial charge in [0.15, 0.2) is 5.96 Å². The van der Waals surface area contributed by atoms with Crippen LogP contribution in [0.2, 0.25) is 5.02 Å². The first-order valence-electron chi connectivity index (χ1n) is 7.82. The second-order valence-electron chi connectivity index (χ2n) is 5.42. The van der Waals surface area contributed by atoms with Gasteiger partial charge < -0.3 is 10.6 Å². The number of nitrogens with one attached hydrogen (secondary N) is 2. The van der Waals surface area contributed by atoms with E-state index < -0.39 is 12.7 Å². The highest BCUT2D eigenvalue weighted by molar-refractivity contribution is 6.30. The number of halogens is 4. The van der Waals surface area contributed by atoms with Crippen LogP contribution >= 0.6 is 11.6 Å². The summed E-state index contributed by atoms with van der Waals surface area (Å²) in [6.45, 7) is 2.91. The minimum atomic E-state index is -4.18. The molecule has 0 heterocycles. The van der Waals surface area contributed by atoms with Gasteiger partial charge in [0.2, 0.25) is 0 Å². The molecule has 0 saturated heterocycles. The zero-order valence-electron chi connectivity index (χ0n) is 14.0. The summed E-state index contributed by atoms with van der Waals surface area (Å²) < 4.78 is 36.8. The van der Waals surface area contributed by atoms with Gasteiger partial charge in [-0.15, -0.1) is 0 Å². The van der Waals surface area contributed by atoms with Gasteiger partial charge in [-0.1, -0.05) is 23.7 Å². The standard InChI is InChI=1S/C16H24ClF3N4/c1-3-21-15(23-10-11-24(2)12-16(18,19)20)22-9-8-13-4-6-14(17)7-5-13/h4-7H,3,8-12H2,1-2H3,(H2,21,22,23). The molecule has 0 spiro atoms. The second-order valence-corrected chi connectivity index (χ2v) is 5.85. The van der Waals surface area contributed by atoms with E-state index in [0.717, 1.165) is 12.0 Å². The minimum absolute atomic E-state index is 0.243. The molecule has 2 N–H and O–H groups in total. The lowest BCUT2D eigenvalue weighted by Crippen LogP contribution is -2.39. The van der Waals surface area contributed by atoms with Gasteiger partial charge in [0, 0.05) is 24.7 Å². The van der Waals surface area contributed by atoms with Crippen LogP contribution < -0.4 is 10.6 Å². The minimum Gasteiger partial charge on any atom is -0.357 e. The van der Waals surface area contributed by atoms with E-state index in [4.69, 9.17) is 11.6 Å². The third-order valence-electron chi connectivity index (χ3n) is 3.16. The van der Waals surface area contributed by atoms with Crippen LogP contribution in [0.1, 0.15) is 12.5 Å². The number of hydrogen-bond donors (Lipinski definition) is 2. The van der Waals surface area contributed by atoms with Crippen LogP contribution in [0.4, 0.5) is 13.2 Å². The quantitative estimate of drug-likeness (QED) is 0.550. The lowest BCUT2D eigenvalue weighted by Gasteiger charge is -2.18. The predicted molar refractivity (Wildman–Crippen MR) is 92.7 cm³/mol. The summed E-state index contributed by atoms with van der Waals surface area (Å²) in [5.41, 5.74) is 1.15. The molecule has 1 aromatic rings. The lowest BCUT2D eigenvalue weighted by molar-refractivity contribution is -0.142.